The normalized spacial score (nSPS) is 10.4. The Labute approximate surface area is 83.4 Å². The van der Waals surface area contributed by atoms with E-state index in [9.17, 15) is 0 Å². The molecule has 74 valence electrons. The molecule has 1 aromatic carbocycles. The van der Waals surface area contributed by atoms with E-state index in [0.717, 1.165) is 5.56 Å². The fourth-order valence-corrected chi connectivity index (χ4v) is 1.18. The third-order valence-corrected chi connectivity index (χ3v) is 1.83. The van der Waals surface area contributed by atoms with Crippen molar-refractivity contribution in [3.63, 3.8) is 0 Å². The maximum atomic E-state index is 5.04. The lowest BCUT2D eigenvalue weighted by molar-refractivity contribution is 0.372. The molecule has 2 rings (SSSR count). The van der Waals surface area contributed by atoms with Crippen LogP contribution in [0.2, 0.25) is 0 Å². The quantitative estimate of drug-likeness (QED) is 0.802. The molecule has 0 amide bonds. The average molecular weight is 191 g/mol. The van der Waals surface area contributed by atoms with Crippen LogP contribution in [-0.4, -0.2) is 17.2 Å². The Hall–Kier alpha value is -1.68. The summed E-state index contributed by atoms with van der Waals surface area (Å²) in [6.45, 7) is 0.597. The van der Waals surface area contributed by atoms with Crippen LogP contribution in [0.5, 0.6) is 0 Å². The highest BCUT2D eigenvalue weighted by atomic mass is 16.5. The third-order valence-electron chi connectivity index (χ3n) is 1.83. The molecule has 0 atom stereocenters. The Morgan fingerprint density at radius 1 is 1.36 bits per heavy atom. The first-order valence-corrected chi connectivity index (χ1v) is 4.43. The molecule has 0 unspecified atom stereocenters. The van der Waals surface area contributed by atoms with Gasteiger partial charge < -0.3 is 9.84 Å². The topological polar surface area (TPSA) is 51.0 Å². The molecule has 1 N–H and O–H groups in total. The Balaban J connectivity index is 0.00000112. The van der Waals surface area contributed by atoms with Crippen molar-refractivity contribution in [3.8, 4) is 11.4 Å². The van der Waals surface area contributed by atoms with Gasteiger partial charge in [0.05, 0.1) is 6.54 Å². The average Bonchev–Trinajstić information content (AvgIpc) is 2.68. The molecule has 1 heterocycles. The van der Waals surface area contributed by atoms with Crippen LogP contribution in [0.15, 0.2) is 34.9 Å². The van der Waals surface area contributed by atoms with Gasteiger partial charge in [0, 0.05) is 6.99 Å². The van der Waals surface area contributed by atoms with Gasteiger partial charge in [0.15, 0.2) is 0 Å². The maximum absolute atomic E-state index is 5.04. The van der Waals surface area contributed by atoms with Gasteiger partial charge in [-0.2, -0.15) is 4.98 Å². The van der Waals surface area contributed by atoms with Crippen molar-refractivity contribution in [2.24, 2.45) is 0 Å². The predicted molar refractivity (Wildman–Crippen MR) is 54.6 cm³/mol. The summed E-state index contributed by atoms with van der Waals surface area (Å²) in [4.78, 5) is 4.23. The summed E-state index contributed by atoms with van der Waals surface area (Å²) >= 11 is 0. The van der Waals surface area contributed by atoms with Crippen molar-refractivity contribution >= 4 is 0 Å². The second-order valence-electron chi connectivity index (χ2n) is 2.91. The van der Waals surface area contributed by atoms with E-state index in [-0.39, 0.29) is 1.43 Å². The highest BCUT2D eigenvalue weighted by Crippen LogP contribution is 2.14. The maximum Gasteiger partial charge on any atom is 0.240 e. The lowest BCUT2D eigenvalue weighted by atomic mass is 10.2. The first kappa shape index (κ1) is 8.90. The molecule has 0 fully saturated rings. The van der Waals surface area contributed by atoms with Gasteiger partial charge in [-0.15, -0.1) is 0 Å². The second-order valence-corrected chi connectivity index (χ2v) is 2.91. The molecular weight excluding hydrogens is 178 g/mol. The zero-order chi connectivity index (χ0) is 9.80. The molecule has 0 spiro atoms. The van der Waals surface area contributed by atoms with E-state index in [4.69, 9.17) is 4.52 Å². The van der Waals surface area contributed by atoms with Crippen LogP contribution in [0.3, 0.4) is 0 Å². The minimum Gasteiger partial charge on any atom is -0.338 e. The third kappa shape index (κ3) is 1.80. The summed E-state index contributed by atoms with van der Waals surface area (Å²) in [6.07, 6.45) is 0. The van der Waals surface area contributed by atoms with E-state index in [1.807, 2.05) is 37.4 Å². The Morgan fingerprint density at radius 3 is 2.86 bits per heavy atom. The Kier molecular flexibility index (Phi) is 2.55. The van der Waals surface area contributed by atoms with Crippen LogP contribution < -0.4 is 5.32 Å². The number of hydrogen-bond acceptors (Lipinski definition) is 4. The van der Waals surface area contributed by atoms with Crippen molar-refractivity contribution in [1.82, 2.24) is 15.5 Å². The SMILES string of the molecule is CNCc1nc(-c2ccccc2)no1.[HH]. The highest BCUT2D eigenvalue weighted by Gasteiger charge is 2.06. The summed E-state index contributed by atoms with van der Waals surface area (Å²) in [5, 5.41) is 6.83. The molecular formula is C10H13N3O. The van der Waals surface area contributed by atoms with Crippen molar-refractivity contribution in [2.45, 2.75) is 6.54 Å². The minimum absolute atomic E-state index is 0. The molecule has 0 bridgehead atoms. The van der Waals surface area contributed by atoms with Crippen LogP contribution in [0, 0.1) is 0 Å². The van der Waals surface area contributed by atoms with Gasteiger partial charge in [0.2, 0.25) is 11.7 Å². The molecule has 2 aromatic rings. The van der Waals surface area contributed by atoms with E-state index in [2.05, 4.69) is 15.5 Å². The van der Waals surface area contributed by atoms with Gasteiger partial charge in [0.25, 0.3) is 0 Å². The molecule has 0 saturated heterocycles. The standard InChI is InChI=1S/C10H11N3O.H2/c1-11-7-9-12-10(13-14-9)8-5-3-2-4-6-8;/h2-6,11H,7H2,1H3;1H. The summed E-state index contributed by atoms with van der Waals surface area (Å²) in [7, 11) is 1.84. The van der Waals surface area contributed by atoms with Crippen molar-refractivity contribution < 1.29 is 5.95 Å². The minimum atomic E-state index is 0. The first-order chi connectivity index (χ1) is 6.90. The number of nitrogens with zero attached hydrogens (tertiary/aromatic N) is 2. The molecule has 0 saturated carbocycles. The fraction of sp³-hybridized carbons (Fsp3) is 0.200. The van der Waals surface area contributed by atoms with Gasteiger partial charge in [-0.25, -0.2) is 0 Å². The predicted octanol–water partition coefficient (Wildman–Crippen LogP) is 1.70. The lowest BCUT2D eigenvalue weighted by Gasteiger charge is -1.90. The molecule has 0 aliphatic heterocycles. The number of rotatable bonds is 3. The van der Waals surface area contributed by atoms with Crippen molar-refractivity contribution in [2.75, 3.05) is 7.05 Å². The highest BCUT2D eigenvalue weighted by molar-refractivity contribution is 5.53. The number of hydrogen-bond donors (Lipinski definition) is 1. The summed E-state index contributed by atoms with van der Waals surface area (Å²) < 4.78 is 5.04. The molecule has 4 heteroatoms. The largest absolute Gasteiger partial charge is 0.338 e. The zero-order valence-electron chi connectivity index (χ0n) is 7.90. The van der Waals surface area contributed by atoms with Crippen LogP contribution in [0.4, 0.5) is 0 Å². The van der Waals surface area contributed by atoms with Crippen LogP contribution in [0.1, 0.15) is 7.32 Å². The number of benzene rings is 1. The molecule has 1 aromatic heterocycles. The Bertz CT molecular complexity index is 402. The van der Waals surface area contributed by atoms with Gasteiger partial charge in [-0.1, -0.05) is 35.5 Å². The summed E-state index contributed by atoms with van der Waals surface area (Å²) in [5.74, 6) is 1.24. The molecule has 4 nitrogen and oxygen atoms in total. The van der Waals surface area contributed by atoms with Crippen LogP contribution in [0.25, 0.3) is 11.4 Å². The number of aromatic nitrogens is 2. The van der Waals surface area contributed by atoms with Gasteiger partial charge in [-0.3, -0.25) is 0 Å². The summed E-state index contributed by atoms with van der Waals surface area (Å²) in [6, 6.07) is 9.76. The number of nitrogens with one attached hydrogen (secondary N) is 1. The van der Waals surface area contributed by atoms with Crippen molar-refractivity contribution in [3.05, 3.63) is 36.2 Å². The zero-order valence-corrected chi connectivity index (χ0v) is 7.90. The Morgan fingerprint density at radius 2 is 2.14 bits per heavy atom. The van der Waals surface area contributed by atoms with E-state index >= 15 is 0 Å². The van der Waals surface area contributed by atoms with E-state index in [1.165, 1.54) is 0 Å². The van der Waals surface area contributed by atoms with Crippen LogP contribution in [-0.2, 0) is 6.54 Å². The lowest BCUT2D eigenvalue weighted by Crippen LogP contribution is -2.04. The van der Waals surface area contributed by atoms with Gasteiger partial charge in [-0.05, 0) is 7.05 Å². The van der Waals surface area contributed by atoms with Crippen LogP contribution >= 0.6 is 0 Å². The molecule has 0 radical (unpaired) electrons. The van der Waals surface area contributed by atoms with E-state index < -0.39 is 0 Å². The van der Waals surface area contributed by atoms with Crippen molar-refractivity contribution in [1.29, 1.82) is 0 Å². The second kappa shape index (κ2) is 4.02. The smallest absolute Gasteiger partial charge is 0.240 e. The molecule has 14 heavy (non-hydrogen) atoms. The monoisotopic (exact) mass is 191 g/mol. The van der Waals surface area contributed by atoms with Gasteiger partial charge >= 0.3 is 0 Å². The molecule has 0 aliphatic rings. The molecule has 0 aliphatic carbocycles. The summed E-state index contributed by atoms with van der Waals surface area (Å²) in [5.41, 5.74) is 0.971. The van der Waals surface area contributed by atoms with E-state index in [1.54, 1.807) is 0 Å². The first-order valence-electron chi connectivity index (χ1n) is 4.43. The fourth-order valence-electron chi connectivity index (χ4n) is 1.18. The van der Waals surface area contributed by atoms with Gasteiger partial charge in [0.1, 0.15) is 0 Å². The van der Waals surface area contributed by atoms with E-state index in [0.29, 0.717) is 18.3 Å².